The highest BCUT2D eigenvalue weighted by atomic mass is 28.3. The molecule has 0 radical (unpaired) electrons. The van der Waals surface area contributed by atoms with Crippen LogP contribution in [0.5, 0.6) is 11.5 Å². The largest absolute Gasteiger partial charge is 0.573 e. The third-order valence-electron chi connectivity index (χ3n) is 10.1. The highest BCUT2D eigenvalue weighted by molar-refractivity contribution is 6.76. The van der Waals surface area contributed by atoms with Crippen molar-refractivity contribution >= 4 is 64.0 Å². The molecule has 0 saturated heterocycles. The predicted octanol–water partition coefficient (Wildman–Crippen LogP) is 8.88. The number of ether oxygens (including phenoxy) is 3. The second kappa shape index (κ2) is 18.9. The molecule has 3 N–H and O–H groups in total. The Balaban J connectivity index is 0.000000207. The fourth-order valence-electron chi connectivity index (χ4n) is 7.09. The Kier molecular flexibility index (Phi) is 13.6. The van der Waals surface area contributed by atoms with E-state index in [9.17, 15) is 35.9 Å². The van der Waals surface area contributed by atoms with Gasteiger partial charge < -0.3 is 34.4 Å². The molecule has 360 valence electrons. The number of hydrogen-bond donors (Lipinski definition) is 3. The van der Waals surface area contributed by atoms with E-state index in [1.54, 1.807) is 24.9 Å². The third-order valence-corrected chi connectivity index (χ3v) is 11.8. The van der Waals surface area contributed by atoms with Gasteiger partial charge in [-0.3, -0.25) is 19.0 Å². The number of nitrogens with one attached hydrogen (secondary N) is 3. The summed E-state index contributed by atoms with van der Waals surface area (Å²) in [6.45, 7) is 15.0. The fourth-order valence-corrected chi connectivity index (χ4v) is 7.85. The maximum Gasteiger partial charge on any atom is 0.573 e. The molecule has 0 aliphatic heterocycles. The van der Waals surface area contributed by atoms with Crippen molar-refractivity contribution in [1.82, 2.24) is 59.7 Å². The molecule has 0 aliphatic rings. The number of carbonyl (C=O) groups excluding carboxylic acids is 2. The second-order valence-electron chi connectivity index (χ2n) is 17.6. The van der Waals surface area contributed by atoms with Crippen molar-refractivity contribution in [3.63, 3.8) is 0 Å². The number of hydrogen-bond acceptors (Lipinski definition) is 11. The van der Waals surface area contributed by atoms with Gasteiger partial charge in [0.1, 0.15) is 52.0 Å². The van der Waals surface area contributed by atoms with Gasteiger partial charge in [0.15, 0.2) is 11.3 Å². The highest BCUT2D eigenvalue weighted by Crippen LogP contribution is 2.34. The van der Waals surface area contributed by atoms with Gasteiger partial charge >= 0.3 is 12.7 Å². The van der Waals surface area contributed by atoms with Gasteiger partial charge in [0.05, 0.1) is 34.6 Å². The molecule has 0 spiro atoms. The van der Waals surface area contributed by atoms with Crippen molar-refractivity contribution in [3.8, 4) is 34.3 Å². The summed E-state index contributed by atoms with van der Waals surface area (Å²) in [4.78, 5) is 46.4. The zero-order chi connectivity index (χ0) is 49.5. The minimum atomic E-state index is -4.83. The van der Waals surface area contributed by atoms with E-state index in [1.165, 1.54) is 64.4 Å². The van der Waals surface area contributed by atoms with Crippen LogP contribution in [0.1, 0.15) is 48.4 Å². The molecule has 2 amide bonds. The van der Waals surface area contributed by atoms with Gasteiger partial charge in [-0.15, -0.1) is 26.3 Å². The van der Waals surface area contributed by atoms with E-state index >= 15 is 0 Å². The molecule has 0 saturated carbocycles. The lowest BCUT2D eigenvalue weighted by Crippen LogP contribution is -2.30. The molecule has 0 unspecified atom stereocenters. The molecule has 68 heavy (non-hydrogen) atoms. The predicted molar refractivity (Wildman–Crippen MR) is 244 cm³/mol. The molecule has 0 fully saturated rings. The summed E-state index contributed by atoms with van der Waals surface area (Å²) < 4.78 is 95.1. The number of fused-ring (bicyclic) bond motifs is 4. The molecule has 8 aromatic rings. The summed E-state index contributed by atoms with van der Waals surface area (Å²) in [7, 11) is 2.08. The molecule has 8 rings (SSSR count). The minimum absolute atomic E-state index is 0.0645. The SMILES string of the molecule is CC(C)NC(=O)c1c[nH]c2ncc(-c3nn(C)c4ccc(OC(F)(F)F)cc34)nc12.CC(C)NC(=O)c1cn(COCC[Si](C)(C)C)c2ncc(-c3nn(C)c4ccc(OC(F)(F)F)cc34)nc12. The molecule has 24 heteroatoms. The Morgan fingerprint density at radius 2 is 1.24 bits per heavy atom. The van der Waals surface area contributed by atoms with E-state index in [4.69, 9.17) is 9.72 Å². The lowest BCUT2D eigenvalue weighted by molar-refractivity contribution is -0.275. The van der Waals surface area contributed by atoms with Crippen molar-refractivity contribution in [2.45, 2.75) is 84.9 Å². The van der Waals surface area contributed by atoms with Crippen LogP contribution in [0.25, 0.3) is 66.9 Å². The molecule has 0 aliphatic carbocycles. The normalized spacial score (nSPS) is 12.4. The van der Waals surface area contributed by atoms with Crippen molar-refractivity contribution in [3.05, 3.63) is 72.3 Å². The topological polar surface area (TPSA) is 194 Å². The molecule has 2 aromatic carbocycles. The van der Waals surface area contributed by atoms with E-state index in [1.807, 2.05) is 27.7 Å². The number of rotatable bonds is 13. The van der Waals surface area contributed by atoms with Gasteiger partial charge in [0.25, 0.3) is 11.8 Å². The summed E-state index contributed by atoms with van der Waals surface area (Å²) in [5, 5.41) is 15.3. The molecular weight excluding hydrogens is 919 g/mol. The monoisotopic (exact) mass is 966 g/mol. The van der Waals surface area contributed by atoms with Crippen LogP contribution in [0.3, 0.4) is 0 Å². The summed E-state index contributed by atoms with van der Waals surface area (Å²) in [5.41, 5.74) is 4.63. The van der Waals surface area contributed by atoms with Crippen LogP contribution in [-0.4, -0.2) is 100 Å². The summed E-state index contributed by atoms with van der Waals surface area (Å²) in [6.07, 6.45) is -3.53. The first-order valence-corrected chi connectivity index (χ1v) is 24.9. The molecular formula is C44H48F6N12O5Si. The summed E-state index contributed by atoms with van der Waals surface area (Å²) in [6, 6.07) is 8.77. The first-order chi connectivity index (χ1) is 31.8. The molecule has 6 heterocycles. The van der Waals surface area contributed by atoms with Gasteiger partial charge in [-0.25, -0.2) is 19.9 Å². The number of aryl methyl sites for hydroxylation is 2. The van der Waals surface area contributed by atoms with Crippen molar-refractivity contribution in [2.75, 3.05) is 6.61 Å². The van der Waals surface area contributed by atoms with Crippen LogP contribution in [0.4, 0.5) is 26.3 Å². The van der Waals surface area contributed by atoms with Gasteiger partial charge in [0.2, 0.25) is 0 Å². The Hall–Kier alpha value is -7.08. The van der Waals surface area contributed by atoms with Gasteiger partial charge in [-0.1, -0.05) is 19.6 Å². The zero-order valence-corrected chi connectivity index (χ0v) is 39.4. The molecule has 0 bridgehead atoms. The number of amides is 2. The van der Waals surface area contributed by atoms with E-state index < -0.39 is 20.8 Å². The van der Waals surface area contributed by atoms with Gasteiger partial charge in [-0.05, 0) is 70.1 Å². The van der Waals surface area contributed by atoms with Crippen LogP contribution in [0, 0.1) is 0 Å². The first kappa shape index (κ1) is 48.8. The number of aromatic nitrogens is 10. The minimum Gasteiger partial charge on any atom is -0.406 e. The highest BCUT2D eigenvalue weighted by Gasteiger charge is 2.33. The smallest absolute Gasteiger partial charge is 0.406 e. The lowest BCUT2D eigenvalue weighted by atomic mass is 10.1. The standard InChI is InChI=1S/C25H31F3N6O3Si.C19H17F3N6O2/c1-15(2)30-24(35)18-13-34(14-36-9-10-38(4,5)6)23-22(18)31-19(12-29-23)21-17-11-16(37-25(26,27)28)7-8-20(17)33(3)32-21;1-9(2)25-18(29)12-7-23-17-16(12)26-13(8-24-17)15-11-6-10(30-19(20,21)22)4-5-14(11)28(3)27-15/h7-8,11-13,15H,9-10,14H2,1-6H3,(H,30,35);4-9H,1-3H3,(H,23,24)(H,25,29). The van der Waals surface area contributed by atoms with Crippen molar-refractivity contribution in [2.24, 2.45) is 14.1 Å². The second-order valence-corrected chi connectivity index (χ2v) is 23.2. The van der Waals surface area contributed by atoms with Gasteiger partial charge in [-0.2, -0.15) is 10.2 Å². The number of nitrogens with zero attached hydrogens (tertiary/aromatic N) is 9. The Bertz CT molecular complexity index is 3150. The number of aromatic amines is 1. The van der Waals surface area contributed by atoms with Crippen LogP contribution in [0.15, 0.2) is 61.2 Å². The summed E-state index contributed by atoms with van der Waals surface area (Å²) >= 11 is 0. The number of halogens is 6. The molecule has 0 atom stereocenters. The van der Waals surface area contributed by atoms with Gasteiger partial charge in [0, 0.05) is 64.0 Å². The maximum atomic E-state index is 13.0. The molecule has 17 nitrogen and oxygen atoms in total. The number of H-pyrrole nitrogens is 1. The van der Waals surface area contributed by atoms with Crippen LogP contribution in [0.2, 0.25) is 25.7 Å². The van der Waals surface area contributed by atoms with E-state index in [2.05, 4.69) is 69.9 Å². The van der Waals surface area contributed by atoms with E-state index in [-0.39, 0.29) is 42.1 Å². The Morgan fingerprint density at radius 3 is 1.74 bits per heavy atom. The van der Waals surface area contributed by atoms with Crippen LogP contribution in [-0.2, 0) is 25.6 Å². The van der Waals surface area contributed by atoms with Crippen LogP contribution >= 0.6 is 0 Å². The number of benzene rings is 2. The fraction of sp³-hybridized carbons (Fsp3) is 0.364. The molecule has 6 aromatic heterocycles. The third kappa shape index (κ3) is 11.4. The Morgan fingerprint density at radius 1 is 0.735 bits per heavy atom. The zero-order valence-electron chi connectivity index (χ0n) is 38.4. The van der Waals surface area contributed by atoms with Crippen LogP contribution < -0.4 is 20.1 Å². The first-order valence-electron chi connectivity index (χ1n) is 21.2. The number of alkyl halides is 6. The van der Waals surface area contributed by atoms with Crippen molar-refractivity contribution in [1.29, 1.82) is 0 Å². The quantitative estimate of drug-likeness (QED) is 0.0568. The number of carbonyl (C=O) groups is 2. The summed E-state index contributed by atoms with van der Waals surface area (Å²) in [5.74, 6) is -1.36. The van der Waals surface area contributed by atoms with E-state index in [0.717, 1.165) is 6.04 Å². The van der Waals surface area contributed by atoms with Crippen molar-refractivity contribution < 1.29 is 50.1 Å². The average Bonchev–Trinajstić information content (AvgIpc) is 3.99. The van der Waals surface area contributed by atoms with E-state index in [0.29, 0.717) is 84.6 Å². The average molecular weight is 967 g/mol. The lowest BCUT2D eigenvalue weighted by Gasteiger charge is -2.15. The Labute approximate surface area is 385 Å². The maximum absolute atomic E-state index is 13.0.